The van der Waals surface area contributed by atoms with Crippen molar-refractivity contribution in [2.45, 2.75) is 126 Å². The molecule has 0 radical (unpaired) electrons. The van der Waals surface area contributed by atoms with E-state index in [1.54, 1.807) is 20.8 Å². The Bertz CT molecular complexity index is 1310. The first-order valence-electron chi connectivity index (χ1n) is 17.7. The quantitative estimate of drug-likeness (QED) is 0.191. The summed E-state index contributed by atoms with van der Waals surface area (Å²) >= 11 is 0. The number of hydrogen-bond acceptors (Lipinski definition) is 12. The molecule has 2 heterocycles. The van der Waals surface area contributed by atoms with Crippen molar-refractivity contribution in [1.29, 1.82) is 0 Å². The standard InChI is InChI=1S/C37H54N2O11/c1-37(2,3)50-36(45)38-25-14-16-26(17-15-25)39(20-27(40)31(43)30-18-19-46-34(48-30)23-10-6-4-7-11-23)21-28(41)32(44)33-29(42)22-47-35(49-33)24-12-8-5-9-13-24/h4-13,25-35,40-44H,14-22H2,1-3H3,(H,38,45)/t25-,26-,27-,28-,29+,30+,31+,32+,33+,34?,35?/m0/s1. The van der Waals surface area contributed by atoms with Gasteiger partial charge in [-0.05, 0) is 52.9 Å². The Kier molecular flexibility index (Phi) is 13.6. The van der Waals surface area contributed by atoms with Crippen LogP contribution in [0.5, 0.6) is 0 Å². The first-order valence-corrected chi connectivity index (χ1v) is 17.7. The molecule has 1 aliphatic carbocycles. The van der Waals surface area contributed by atoms with Gasteiger partial charge in [-0.3, -0.25) is 4.90 Å². The molecular weight excluding hydrogens is 648 g/mol. The van der Waals surface area contributed by atoms with Crippen LogP contribution in [0.1, 0.15) is 76.6 Å². The topological polar surface area (TPSA) is 180 Å². The molecule has 2 saturated heterocycles. The molecule has 278 valence electrons. The summed E-state index contributed by atoms with van der Waals surface area (Å²) in [6.07, 6.45) is -7.53. The molecule has 1 saturated carbocycles. The van der Waals surface area contributed by atoms with Crippen molar-refractivity contribution in [1.82, 2.24) is 10.2 Å². The number of hydrogen-bond donors (Lipinski definition) is 6. The summed E-state index contributed by atoms with van der Waals surface area (Å²) in [5.74, 6) is 0. The minimum Gasteiger partial charge on any atom is -0.444 e. The summed E-state index contributed by atoms with van der Waals surface area (Å²) in [5, 5.41) is 59.1. The van der Waals surface area contributed by atoms with Gasteiger partial charge < -0.3 is 54.5 Å². The van der Waals surface area contributed by atoms with Crippen LogP contribution in [0.2, 0.25) is 0 Å². The number of amides is 1. The largest absolute Gasteiger partial charge is 0.444 e. The highest BCUT2D eigenvalue weighted by Gasteiger charge is 2.42. The van der Waals surface area contributed by atoms with Gasteiger partial charge in [0, 0.05) is 36.3 Å². The first kappa shape index (κ1) is 38.5. The average Bonchev–Trinajstić information content (AvgIpc) is 3.11. The third-order valence-electron chi connectivity index (χ3n) is 9.47. The molecule has 0 aromatic heterocycles. The Morgan fingerprint density at radius 2 is 1.38 bits per heavy atom. The fraction of sp³-hybridized carbons (Fsp3) is 0.649. The molecule has 0 spiro atoms. The van der Waals surface area contributed by atoms with Crippen molar-refractivity contribution >= 4 is 6.09 Å². The summed E-state index contributed by atoms with van der Waals surface area (Å²) in [5.41, 5.74) is 0.900. The van der Waals surface area contributed by atoms with Crippen LogP contribution in [0.15, 0.2) is 60.7 Å². The average molecular weight is 703 g/mol. The van der Waals surface area contributed by atoms with Crippen LogP contribution in [0.3, 0.4) is 0 Å². The first-order chi connectivity index (χ1) is 23.9. The molecule has 9 atom stereocenters. The zero-order chi connectivity index (χ0) is 35.8. The van der Waals surface area contributed by atoms with E-state index in [1.807, 2.05) is 65.6 Å². The van der Waals surface area contributed by atoms with E-state index in [1.165, 1.54) is 0 Å². The maximum absolute atomic E-state index is 12.4. The molecule has 6 N–H and O–H groups in total. The van der Waals surface area contributed by atoms with E-state index in [-0.39, 0.29) is 31.8 Å². The van der Waals surface area contributed by atoms with Crippen LogP contribution >= 0.6 is 0 Å². The minimum absolute atomic E-state index is 0.0275. The second kappa shape index (κ2) is 17.7. The molecule has 50 heavy (non-hydrogen) atoms. The summed E-state index contributed by atoms with van der Waals surface area (Å²) in [6.45, 7) is 5.56. The van der Waals surface area contributed by atoms with Gasteiger partial charge in [0.15, 0.2) is 12.6 Å². The number of rotatable bonds is 12. The van der Waals surface area contributed by atoms with Crippen LogP contribution in [-0.2, 0) is 23.7 Å². The minimum atomic E-state index is -1.49. The fourth-order valence-electron chi connectivity index (χ4n) is 6.84. The van der Waals surface area contributed by atoms with Gasteiger partial charge in [0.2, 0.25) is 0 Å². The summed E-state index contributed by atoms with van der Waals surface area (Å²) < 4.78 is 28.9. The highest BCUT2D eigenvalue weighted by molar-refractivity contribution is 5.68. The predicted octanol–water partition coefficient (Wildman–Crippen LogP) is 2.55. The van der Waals surface area contributed by atoms with Crippen molar-refractivity contribution in [3.63, 3.8) is 0 Å². The number of alkyl carbamates (subject to hydrolysis) is 1. The van der Waals surface area contributed by atoms with E-state index in [9.17, 15) is 30.3 Å². The Morgan fingerprint density at radius 1 is 0.820 bits per heavy atom. The number of aliphatic hydroxyl groups is 5. The lowest BCUT2D eigenvalue weighted by atomic mass is 9.89. The van der Waals surface area contributed by atoms with Crippen LogP contribution in [0.25, 0.3) is 0 Å². The number of carbonyl (C=O) groups excluding carboxylic acids is 1. The smallest absolute Gasteiger partial charge is 0.407 e. The molecular formula is C37H54N2O11. The second-order valence-corrected chi connectivity index (χ2v) is 14.5. The van der Waals surface area contributed by atoms with Gasteiger partial charge >= 0.3 is 6.09 Å². The molecule has 3 aliphatic rings. The van der Waals surface area contributed by atoms with E-state index in [4.69, 9.17) is 23.7 Å². The third-order valence-corrected chi connectivity index (χ3v) is 9.47. The number of aliphatic hydroxyl groups excluding tert-OH is 5. The van der Waals surface area contributed by atoms with E-state index < -0.39 is 67.0 Å². The van der Waals surface area contributed by atoms with Crippen LogP contribution < -0.4 is 5.32 Å². The molecule has 3 fully saturated rings. The molecule has 2 unspecified atom stereocenters. The Morgan fingerprint density at radius 3 is 1.96 bits per heavy atom. The molecule has 13 nitrogen and oxygen atoms in total. The summed E-state index contributed by atoms with van der Waals surface area (Å²) in [4.78, 5) is 14.3. The highest BCUT2D eigenvalue weighted by atomic mass is 16.7. The van der Waals surface area contributed by atoms with Gasteiger partial charge in [-0.1, -0.05) is 60.7 Å². The fourth-order valence-corrected chi connectivity index (χ4v) is 6.84. The van der Waals surface area contributed by atoms with Crippen LogP contribution in [0, 0.1) is 0 Å². The number of carbonyl (C=O) groups is 1. The van der Waals surface area contributed by atoms with Gasteiger partial charge in [0.25, 0.3) is 0 Å². The SMILES string of the molecule is CC(C)(C)OC(=O)N[C@H]1CC[C@H](N(C[C@H](O)[C@@H](O)[C@H]2CCOC(c3ccccc3)O2)C[C@H](O)[C@@H](O)[C@@H]2OC(c3ccccc3)OC[C@H]2O)CC1. The summed E-state index contributed by atoms with van der Waals surface area (Å²) in [7, 11) is 0. The lowest BCUT2D eigenvalue weighted by Crippen LogP contribution is -2.57. The third kappa shape index (κ3) is 10.7. The Labute approximate surface area is 294 Å². The van der Waals surface area contributed by atoms with Crippen LogP contribution in [-0.4, -0.2) is 123 Å². The lowest BCUT2D eigenvalue weighted by molar-refractivity contribution is -0.283. The molecule has 2 aromatic rings. The lowest BCUT2D eigenvalue weighted by Gasteiger charge is -2.42. The van der Waals surface area contributed by atoms with Gasteiger partial charge in [-0.15, -0.1) is 0 Å². The van der Waals surface area contributed by atoms with E-state index in [0.717, 1.165) is 5.56 Å². The monoisotopic (exact) mass is 702 g/mol. The van der Waals surface area contributed by atoms with Crippen molar-refractivity contribution in [3.8, 4) is 0 Å². The summed E-state index contributed by atoms with van der Waals surface area (Å²) in [6, 6.07) is 18.3. The Hall–Kier alpha value is -2.69. The van der Waals surface area contributed by atoms with E-state index >= 15 is 0 Å². The van der Waals surface area contributed by atoms with Crippen molar-refractivity contribution in [2.75, 3.05) is 26.3 Å². The van der Waals surface area contributed by atoms with Crippen molar-refractivity contribution in [3.05, 3.63) is 71.8 Å². The van der Waals surface area contributed by atoms with Gasteiger partial charge in [0.05, 0.1) is 31.5 Å². The number of benzene rings is 2. The zero-order valence-electron chi connectivity index (χ0n) is 29.1. The maximum atomic E-state index is 12.4. The maximum Gasteiger partial charge on any atom is 0.407 e. The number of nitrogens with one attached hydrogen (secondary N) is 1. The van der Waals surface area contributed by atoms with Crippen molar-refractivity contribution in [2.24, 2.45) is 0 Å². The molecule has 2 aromatic carbocycles. The Balaban J connectivity index is 1.25. The highest BCUT2D eigenvalue weighted by Crippen LogP contribution is 2.32. The zero-order valence-corrected chi connectivity index (χ0v) is 29.1. The molecule has 5 rings (SSSR count). The van der Waals surface area contributed by atoms with Gasteiger partial charge in [-0.25, -0.2) is 4.79 Å². The van der Waals surface area contributed by atoms with Crippen LogP contribution in [0.4, 0.5) is 4.79 Å². The van der Waals surface area contributed by atoms with Crippen molar-refractivity contribution < 1.29 is 54.0 Å². The molecule has 2 aliphatic heterocycles. The second-order valence-electron chi connectivity index (χ2n) is 14.5. The molecule has 13 heteroatoms. The normalized spacial score (nSPS) is 30.2. The number of ether oxygens (including phenoxy) is 5. The molecule has 0 bridgehead atoms. The van der Waals surface area contributed by atoms with Gasteiger partial charge in [-0.2, -0.15) is 0 Å². The predicted molar refractivity (Wildman–Crippen MR) is 182 cm³/mol. The number of nitrogens with zero attached hydrogens (tertiary/aromatic N) is 1. The van der Waals surface area contributed by atoms with Gasteiger partial charge in [0.1, 0.15) is 30.0 Å². The van der Waals surface area contributed by atoms with E-state index in [2.05, 4.69) is 5.32 Å². The van der Waals surface area contributed by atoms with E-state index in [0.29, 0.717) is 44.3 Å². The molecule has 1 amide bonds.